The number of carbonyl (C=O) groups is 1. The standard InChI is InChI=1S/C17H15F2NO4S/c1-24-17(21)15-9-11-5-2-3-6-12(11)10-20(15)25(22,23)16-13(18)7-4-8-14(16)19/h2-8,15H,9-10H2,1H3/t15-/m1/s1. The van der Waals surface area contributed by atoms with Gasteiger partial charge in [0.05, 0.1) is 7.11 Å². The van der Waals surface area contributed by atoms with Gasteiger partial charge in [0.15, 0.2) is 4.90 Å². The highest BCUT2D eigenvalue weighted by Crippen LogP contribution is 2.31. The van der Waals surface area contributed by atoms with E-state index in [0.717, 1.165) is 35.2 Å². The lowest BCUT2D eigenvalue weighted by Crippen LogP contribution is -2.49. The molecule has 0 aromatic heterocycles. The molecule has 1 aliphatic heterocycles. The quantitative estimate of drug-likeness (QED) is 0.781. The van der Waals surface area contributed by atoms with Crippen LogP contribution in [0, 0.1) is 11.6 Å². The second kappa shape index (κ2) is 6.53. The van der Waals surface area contributed by atoms with Crippen molar-refractivity contribution in [1.29, 1.82) is 0 Å². The van der Waals surface area contributed by atoms with Crippen molar-refractivity contribution in [2.45, 2.75) is 23.9 Å². The van der Waals surface area contributed by atoms with Crippen molar-refractivity contribution in [2.24, 2.45) is 0 Å². The Morgan fingerprint density at radius 2 is 1.68 bits per heavy atom. The van der Waals surface area contributed by atoms with Gasteiger partial charge in [0.1, 0.15) is 17.7 Å². The Balaban J connectivity index is 2.14. The summed E-state index contributed by atoms with van der Waals surface area (Å²) < 4.78 is 59.4. The monoisotopic (exact) mass is 367 g/mol. The van der Waals surface area contributed by atoms with Crippen LogP contribution in [0.4, 0.5) is 8.78 Å². The molecule has 0 saturated carbocycles. The first kappa shape index (κ1) is 17.5. The molecule has 0 unspecified atom stereocenters. The van der Waals surface area contributed by atoms with Gasteiger partial charge in [-0.15, -0.1) is 0 Å². The van der Waals surface area contributed by atoms with Crippen molar-refractivity contribution < 1.29 is 26.7 Å². The summed E-state index contributed by atoms with van der Waals surface area (Å²) >= 11 is 0. The predicted molar refractivity (Wildman–Crippen MR) is 85.0 cm³/mol. The minimum Gasteiger partial charge on any atom is -0.468 e. The van der Waals surface area contributed by atoms with E-state index in [1.165, 1.54) is 0 Å². The zero-order valence-corrected chi connectivity index (χ0v) is 14.1. The molecule has 132 valence electrons. The Hall–Kier alpha value is -2.32. The molecule has 0 aliphatic carbocycles. The minimum absolute atomic E-state index is 0.0676. The number of hydrogen-bond donors (Lipinski definition) is 0. The van der Waals surface area contributed by atoms with E-state index in [1.54, 1.807) is 24.3 Å². The molecule has 0 spiro atoms. The van der Waals surface area contributed by atoms with Gasteiger partial charge in [-0.05, 0) is 23.3 Å². The number of sulfonamides is 1. The van der Waals surface area contributed by atoms with Crippen molar-refractivity contribution in [2.75, 3.05) is 7.11 Å². The van der Waals surface area contributed by atoms with Gasteiger partial charge in [0, 0.05) is 13.0 Å². The number of carbonyl (C=O) groups excluding carboxylic acids is 1. The van der Waals surface area contributed by atoms with Crippen LogP contribution in [0.25, 0.3) is 0 Å². The van der Waals surface area contributed by atoms with E-state index in [2.05, 4.69) is 0 Å². The molecule has 5 nitrogen and oxygen atoms in total. The molecule has 0 N–H and O–H groups in total. The molecule has 1 aliphatic rings. The molecule has 0 bridgehead atoms. The molecule has 1 atom stereocenters. The summed E-state index contributed by atoms with van der Waals surface area (Å²) in [5, 5.41) is 0. The van der Waals surface area contributed by atoms with E-state index in [0.29, 0.717) is 5.56 Å². The molecule has 25 heavy (non-hydrogen) atoms. The number of halogens is 2. The van der Waals surface area contributed by atoms with E-state index in [9.17, 15) is 22.0 Å². The van der Waals surface area contributed by atoms with Gasteiger partial charge in [-0.25, -0.2) is 17.2 Å². The van der Waals surface area contributed by atoms with Crippen LogP contribution in [0.3, 0.4) is 0 Å². The second-order valence-corrected chi connectivity index (χ2v) is 7.44. The SMILES string of the molecule is COC(=O)[C@H]1Cc2ccccc2CN1S(=O)(=O)c1c(F)cccc1F. The van der Waals surface area contributed by atoms with Gasteiger partial charge in [0.2, 0.25) is 10.0 Å². The Kier molecular flexibility index (Phi) is 4.57. The average molecular weight is 367 g/mol. The smallest absolute Gasteiger partial charge is 0.324 e. The first-order valence-electron chi connectivity index (χ1n) is 7.46. The third kappa shape index (κ3) is 3.03. The van der Waals surface area contributed by atoms with E-state index in [1.807, 2.05) is 0 Å². The summed E-state index contributed by atoms with van der Waals surface area (Å²) in [6.07, 6.45) is 0.0676. The van der Waals surface area contributed by atoms with Crippen molar-refractivity contribution in [3.8, 4) is 0 Å². The fourth-order valence-corrected chi connectivity index (χ4v) is 4.60. The van der Waals surface area contributed by atoms with Gasteiger partial charge in [-0.2, -0.15) is 4.31 Å². The van der Waals surface area contributed by atoms with Gasteiger partial charge >= 0.3 is 5.97 Å². The number of esters is 1. The second-order valence-electron chi connectivity index (χ2n) is 5.61. The molecule has 2 aromatic rings. The van der Waals surface area contributed by atoms with Crippen LogP contribution in [0.1, 0.15) is 11.1 Å². The van der Waals surface area contributed by atoms with Crippen molar-refractivity contribution >= 4 is 16.0 Å². The van der Waals surface area contributed by atoms with Crippen LogP contribution in [0.5, 0.6) is 0 Å². The van der Waals surface area contributed by atoms with Crippen LogP contribution < -0.4 is 0 Å². The lowest BCUT2D eigenvalue weighted by Gasteiger charge is -2.34. The summed E-state index contributed by atoms with van der Waals surface area (Å²) in [6, 6.07) is 8.60. The van der Waals surface area contributed by atoms with Gasteiger partial charge in [-0.3, -0.25) is 4.79 Å². The Bertz CT molecular complexity index is 910. The van der Waals surface area contributed by atoms with E-state index < -0.39 is 38.6 Å². The minimum atomic E-state index is -4.59. The highest BCUT2D eigenvalue weighted by atomic mass is 32.2. The highest BCUT2D eigenvalue weighted by molar-refractivity contribution is 7.89. The van der Waals surface area contributed by atoms with Crippen molar-refractivity contribution in [1.82, 2.24) is 4.31 Å². The molecule has 0 amide bonds. The Labute approximate surface area is 143 Å². The fourth-order valence-electron chi connectivity index (χ4n) is 2.93. The summed E-state index contributed by atoms with van der Waals surface area (Å²) in [5.41, 5.74) is 1.46. The largest absolute Gasteiger partial charge is 0.468 e. The van der Waals surface area contributed by atoms with E-state index in [-0.39, 0.29) is 13.0 Å². The van der Waals surface area contributed by atoms with Crippen molar-refractivity contribution in [3.63, 3.8) is 0 Å². The van der Waals surface area contributed by atoms with Crippen LogP contribution in [0.2, 0.25) is 0 Å². The van der Waals surface area contributed by atoms with Crippen LogP contribution in [-0.2, 0) is 32.5 Å². The number of nitrogens with zero attached hydrogens (tertiary/aromatic N) is 1. The van der Waals surface area contributed by atoms with Crippen LogP contribution >= 0.6 is 0 Å². The van der Waals surface area contributed by atoms with Crippen molar-refractivity contribution in [3.05, 3.63) is 65.2 Å². The topological polar surface area (TPSA) is 63.7 Å². The summed E-state index contributed by atoms with van der Waals surface area (Å²) in [7, 11) is -3.45. The summed E-state index contributed by atoms with van der Waals surface area (Å²) in [4.78, 5) is 11.1. The average Bonchev–Trinajstić information content (AvgIpc) is 2.59. The molecular weight excluding hydrogens is 352 g/mol. The molecular formula is C17H15F2NO4S. The van der Waals surface area contributed by atoms with Gasteiger partial charge in [-0.1, -0.05) is 30.3 Å². The maximum Gasteiger partial charge on any atom is 0.324 e. The van der Waals surface area contributed by atoms with Gasteiger partial charge < -0.3 is 4.74 Å². The first-order valence-corrected chi connectivity index (χ1v) is 8.90. The van der Waals surface area contributed by atoms with Gasteiger partial charge in [0.25, 0.3) is 0 Å². The third-order valence-corrected chi connectivity index (χ3v) is 6.07. The number of ether oxygens (including phenoxy) is 1. The van der Waals surface area contributed by atoms with E-state index in [4.69, 9.17) is 4.74 Å². The number of methoxy groups -OCH3 is 1. The summed E-state index contributed by atoms with van der Waals surface area (Å²) in [5.74, 6) is -3.19. The molecule has 8 heteroatoms. The number of hydrogen-bond acceptors (Lipinski definition) is 4. The highest BCUT2D eigenvalue weighted by Gasteiger charge is 2.42. The molecule has 0 saturated heterocycles. The maximum atomic E-state index is 14.0. The number of rotatable bonds is 3. The molecule has 3 rings (SSSR count). The lowest BCUT2D eigenvalue weighted by atomic mass is 9.96. The molecule has 0 radical (unpaired) electrons. The van der Waals surface area contributed by atoms with Crippen LogP contribution in [-0.4, -0.2) is 31.8 Å². The fraction of sp³-hybridized carbons (Fsp3) is 0.235. The lowest BCUT2D eigenvalue weighted by molar-refractivity contribution is -0.145. The Morgan fingerprint density at radius 1 is 1.08 bits per heavy atom. The molecule has 1 heterocycles. The maximum absolute atomic E-state index is 14.0. The third-order valence-electron chi connectivity index (χ3n) is 4.16. The van der Waals surface area contributed by atoms with E-state index >= 15 is 0 Å². The zero-order valence-electron chi connectivity index (χ0n) is 13.3. The number of benzene rings is 2. The molecule has 0 fully saturated rings. The number of fused-ring (bicyclic) bond motifs is 1. The first-order chi connectivity index (χ1) is 11.9. The normalized spacial score (nSPS) is 17.8. The predicted octanol–water partition coefficient (Wildman–Crippen LogP) is 2.25. The summed E-state index contributed by atoms with van der Waals surface area (Å²) in [6.45, 7) is -0.175. The zero-order chi connectivity index (χ0) is 18.2. The molecule has 2 aromatic carbocycles. The van der Waals surface area contributed by atoms with Crippen LogP contribution in [0.15, 0.2) is 47.4 Å². The Morgan fingerprint density at radius 3 is 2.28 bits per heavy atom.